The second kappa shape index (κ2) is 13.5. The molecule has 45 heavy (non-hydrogen) atoms. The van der Waals surface area contributed by atoms with Crippen LogP contribution >= 0.6 is 12.4 Å². The van der Waals surface area contributed by atoms with Crippen molar-refractivity contribution in [1.82, 2.24) is 10.6 Å². The van der Waals surface area contributed by atoms with Crippen LogP contribution in [0.5, 0.6) is 0 Å². The van der Waals surface area contributed by atoms with Gasteiger partial charge in [-0.15, -0.1) is 12.4 Å². The molecule has 0 aliphatic carbocycles. The van der Waals surface area contributed by atoms with Gasteiger partial charge in [-0.3, -0.25) is 14.1 Å². The summed E-state index contributed by atoms with van der Waals surface area (Å²) in [7, 11) is -3.88. The van der Waals surface area contributed by atoms with E-state index in [2.05, 4.69) is 27.8 Å². The van der Waals surface area contributed by atoms with Crippen molar-refractivity contribution in [2.75, 3.05) is 23.9 Å². The minimum atomic E-state index is -3.88. The number of halogens is 1. The number of aliphatic imine (C=N–C) groups is 1. The van der Waals surface area contributed by atoms with Crippen molar-refractivity contribution in [3.05, 3.63) is 124 Å². The molecule has 2 aliphatic heterocycles. The van der Waals surface area contributed by atoms with Gasteiger partial charge in [0.05, 0.1) is 30.4 Å². The first kappa shape index (κ1) is 32.3. The standard InChI is InChI=1S/C36H38N4O3S.ClH/c1-24-20-25(2)32(26(3)21-24)23-44(42,43)40-33-11-7-6-9-30(33)29-8-4-5-10-31(29)34(40)22-35(41)37-17-16-27-12-14-28(15-13-27)36-38-18-19-39-36;/h4-15,20-21,34H,16-19,22-23H2,1-3H3,(H,37,41)(H,38,39);1H. The number of amidine groups is 1. The first-order chi connectivity index (χ1) is 21.2. The lowest BCUT2D eigenvalue weighted by Crippen LogP contribution is -2.41. The molecule has 234 valence electrons. The van der Waals surface area contributed by atoms with Crippen LogP contribution in [0.15, 0.2) is 89.9 Å². The highest BCUT2D eigenvalue weighted by Gasteiger charge is 2.39. The van der Waals surface area contributed by atoms with E-state index in [1.165, 1.54) is 4.31 Å². The maximum Gasteiger partial charge on any atom is 0.239 e. The number of nitrogens with one attached hydrogen (secondary N) is 2. The molecule has 4 aromatic carbocycles. The number of carbonyl (C=O) groups is 1. The van der Waals surface area contributed by atoms with Gasteiger partial charge in [-0.25, -0.2) is 8.42 Å². The van der Waals surface area contributed by atoms with Crippen molar-refractivity contribution in [2.45, 2.75) is 45.4 Å². The molecule has 1 atom stereocenters. The summed E-state index contributed by atoms with van der Waals surface area (Å²) in [6.07, 6.45) is 0.685. The summed E-state index contributed by atoms with van der Waals surface area (Å²) in [4.78, 5) is 17.9. The Balaban J connectivity index is 0.00000400. The number of carbonyl (C=O) groups excluding carboxylic acids is 1. The number of fused-ring (bicyclic) bond motifs is 3. The van der Waals surface area contributed by atoms with E-state index in [4.69, 9.17) is 0 Å². The highest BCUT2D eigenvalue weighted by atomic mass is 35.5. The van der Waals surface area contributed by atoms with Gasteiger partial charge in [-0.1, -0.05) is 84.4 Å². The Hall–Kier alpha value is -4.14. The average Bonchev–Trinajstić information content (AvgIpc) is 3.55. The van der Waals surface area contributed by atoms with Crippen LogP contribution in [0.25, 0.3) is 11.1 Å². The van der Waals surface area contributed by atoms with Gasteiger partial charge in [0, 0.05) is 24.2 Å². The Morgan fingerprint density at radius 3 is 2.29 bits per heavy atom. The number of rotatable bonds is 9. The second-order valence-corrected chi connectivity index (χ2v) is 13.6. The van der Waals surface area contributed by atoms with E-state index in [9.17, 15) is 13.2 Å². The van der Waals surface area contributed by atoms with Gasteiger partial charge in [0.1, 0.15) is 5.84 Å². The quantitative estimate of drug-likeness (QED) is 0.228. The average molecular weight is 643 g/mol. The van der Waals surface area contributed by atoms with Gasteiger partial charge >= 0.3 is 0 Å². The fraction of sp³-hybridized carbons (Fsp3) is 0.278. The molecule has 6 rings (SSSR count). The zero-order chi connectivity index (χ0) is 30.8. The molecule has 2 aliphatic rings. The second-order valence-electron chi connectivity index (χ2n) is 11.7. The van der Waals surface area contributed by atoms with Crippen LogP contribution < -0.4 is 14.9 Å². The Morgan fingerprint density at radius 1 is 0.933 bits per heavy atom. The third kappa shape index (κ3) is 6.77. The third-order valence-corrected chi connectivity index (χ3v) is 10.2. The molecule has 0 radical (unpaired) electrons. The summed E-state index contributed by atoms with van der Waals surface area (Å²) in [6, 6.07) is 27.0. The molecule has 2 heterocycles. The number of benzene rings is 4. The molecule has 0 bridgehead atoms. The van der Waals surface area contributed by atoms with Gasteiger partial charge in [-0.05, 0) is 66.6 Å². The van der Waals surface area contributed by atoms with Crippen molar-refractivity contribution < 1.29 is 13.2 Å². The predicted octanol–water partition coefficient (Wildman–Crippen LogP) is 6.19. The van der Waals surface area contributed by atoms with Crippen LogP contribution in [0.1, 0.15) is 51.4 Å². The van der Waals surface area contributed by atoms with Crippen LogP contribution in [0.4, 0.5) is 5.69 Å². The number of anilines is 1. The zero-order valence-corrected chi connectivity index (χ0v) is 27.5. The van der Waals surface area contributed by atoms with E-state index in [0.717, 1.165) is 69.0 Å². The lowest BCUT2D eigenvalue weighted by atomic mass is 9.88. The summed E-state index contributed by atoms with van der Waals surface area (Å²) >= 11 is 0. The molecule has 0 spiro atoms. The number of hydrogen-bond donors (Lipinski definition) is 2. The third-order valence-electron chi connectivity index (χ3n) is 8.52. The van der Waals surface area contributed by atoms with Gasteiger partial charge in [-0.2, -0.15) is 0 Å². The van der Waals surface area contributed by atoms with Crippen molar-refractivity contribution in [1.29, 1.82) is 0 Å². The van der Waals surface area contributed by atoms with Gasteiger partial charge < -0.3 is 10.6 Å². The molecule has 9 heteroatoms. The minimum Gasteiger partial charge on any atom is -0.368 e. The molecular formula is C36H39ClN4O3S. The van der Waals surface area contributed by atoms with Crippen LogP contribution in [0.3, 0.4) is 0 Å². The monoisotopic (exact) mass is 642 g/mol. The zero-order valence-electron chi connectivity index (χ0n) is 25.8. The SMILES string of the molecule is Cc1cc(C)c(CS(=O)(=O)N2c3ccccc3-c3ccccc3C2CC(=O)NCCc2ccc(C3=NCCN3)cc2)c(C)c1.Cl. The number of aryl methyl sites for hydroxylation is 3. The number of hydrogen-bond acceptors (Lipinski definition) is 5. The minimum absolute atomic E-state index is 0. The van der Waals surface area contributed by atoms with E-state index in [0.29, 0.717) is 18.7 Å². The highest BCUT2D eigenvalue weighted by molar-refractivity contribution is 7.92. The van der Waals surface area contributed by atoms with Crippen molar-refractivity contribution >= 4 is 39.9 Å². The van der Waals surface area contributed by atoms with E-state index in [1.807, 2.05) is 93.6 Å². The molecule has 0 saturated heterocycles. The number of sulfonamides is 1. The fourth-order valence-corrected chi connectivity index (χ4v) is 8.46. The smallest absolute Gasteiger partial charge is 0.239 e. The lowest BCUT2D eigenvalue weighted by molar-refractivity contribution is -0.121. The molecule has 0 fully saturated rings. The van der Waals surface area contributed by atoms with Crippen LogP contribution in [-0.4, -0.2) is 39.8 Å². The Kier molecular flexibility index (Phi) is 9.65. The largest absolute Gasteiger partial charge is 0.368 e. The molecular weight excluding hydrogens is 604 g/mol. The summed E-state index contributed by atoms with van der Waals surface area (Å²) in [5.41, 5.74) is 9.22. The van der Waals surface area contributed by atoms with E-state index in [1.54, 1.807) is 0 Å². The van der Waals surface area contributed by atoms with Gasteiger partial charge in [0.25, 0.3) is 0 Å². The maximum atomic E-state index is 14.4. The van der Waals surface area contributed by atoms with Crippen LogP contribution in [0, 0.1) is 20.8 Å². The molecule has 4 aromatic rings. The summed E-state index contributed by atoms with van der Waals surface area (Å²) in [5, 5.41) is 6.34. The fourth-order valence-electron chi connectivity index (χ4n) is 6.46. The molecule has 0 aromatic heterocycles. The topological polar surface area (TPSA) is 90.9 Å². The lowest BCUT2D eigenvalue weighted by Gasteiger charge is -2.39. The van der Waals surface area contributed by atoms with Crippen molar-refractivity contribution in [3.8, 4) is 11.1 Å². The molecule has 1 unspecified atom stereocenters. The summed E-state index contributed by atoms with van der Waals surface area (Å²) in [6.45, 7) is 8.05. The molecule has 2 N–H and O–H groups in total. The van der Waals surface area contributed by atoms with Gasteiger partial charge in [0.15, 0.2) is 0 Å². The van der Waals surface area contributed by atoms with Gasteiger partial charge in [0.2, 0.25) is 15.9 Å². The van der Waals surface area contributed by atoms with Crippen molar-refractivity contribution in [2.24, 2.45) is 4.99 Å². The Bertz CT molecular complexity index is 1830. The highest BCUT2D eigenvalue weighted by Crippen LogP contribution is 2.47. The maximum absolute atomic E-state index is 14.4. The Morgan fingerprint density at radius 2 is 1.60 bits per heavy atom. The van der Waals surface area contributed by atoms with E-state index < -0.39 is 16.1 Å². The Labute approximate surface area is 272 Å². The van der Waals surface area contributed by atoms with E-state index in [-0.39, 0.29) is 30.5 Å². The molecule has 1 amide bonds. The number of amides is 1. The summed E-state index contributed by atoms with van der Waals surface area (Å²) in [5.74, 6) is 0.594. The van der Waals surface area contributed by atoms with Crippen LogP contribution in [0.2, 0.25) is 0 Å². The molecule has 0 saturated carbocycles. The number of para-hydroxylation sites is 1. The summed E-state index contributed by atoms with van der Waals surface area (Å²) < 4.78 is 30.3. The van der Waals surface area contributed by atoms with Crippen LogP contribution in [-0.2, 0) is 27.0 Å². The first-order valence-corrected chi connectivity index (χ1v) is 16.7. The predicted molar refractivity (Wildman–Crippen MR) is 185 cm³/mol. The van der Waals surface area contributed by atoms with Crippen molar-refractivity contribution in [3.63, 3.8) is 0 Å². The van der Waals surface area contributed by atoms with E-state index >= 15 is 0 Å². The normalized spacial score (nSPS) is 15.3. The first-order valence-electron chi connectivity index (χ1n) is 15.1. The molecule has 7 nitrogen and oxygen atoms in total. The number of nitrogens with zero attached hydrogens (tertiary/aromatic N) is 2.